The van der Waals surface area contributed by atoms with Crippen LogP contribution in [-0.2, 0) is 9.59 Å². The van der Waals surface area contributed by atoms with E-state index in [0.717, 1.165) is 0 Å². The van der Waals surface area contributed by atoms with Gasteiger partial charge in [-0.15, -0.1) is 0 Å². The first-order chi connectivity index (χ1) is 11.7. The average Bonchev–Trinajstić information content (AvgIpc) is 2.55. The van der Waals surface area contributed by atoms with E-state index in [1.807, 2.05) is 0 Å². The molecule has 0 aromatic heterocycles. The van der Waals surface area contributed by atoms with Crippen LogP contribution in [0.2, 0.25) is 5.02 Å². The van der Waals surface area contributed by atoms with Gasteiger partial charge in [0.15, 0.2) is 0 Å². The standard InChI is InChI=1S/C18H18ClFN2O3/c1-18(2,16(23)21-13-6-4-5-12(20)10-13)17(24)22-14-9-11(19)7-8-15(14)25-3/h4-10H,1-3H3,(H,21,23)(H,22,24). The predicted octanol–water partition coefficient (Wildman–Crippen LogP) is 4.09. The van der Waals surface area contributed by atoms with Gasteiger partial charge in [0.25, 0.3) is 0 Å². The highest BCUT2D eigenvalue weighted by Gasteiger charge is 2.36. The van der Waals surface area contributed by atoms with Gasteiger partial charge < -0.3 is 15.4 Å². The number of carbonyl (C=O) groups excluding carboxylic acids is 2. The van der Waals surface area contributed by atoms with Gasteiger partial charge in [-0.25, -0.2) is 4.39 Å². The zero-order valence-electron chi connectivity index (χ0n) is 14.0. The number of carbonyl (C=O) groups is 2. The molecule has 2 amide bonds. The number of amides is 2. The van der Waals surface area contributed by atoms with Gasteiger partial charge in [-0.05, 0) is 50.2 Å². The molecule has 0 spiro atoms. The lowest BCUT2D eigenvalue weighted by Crippen LogP contribution is -2.41. The van der Waals surface area contributed by atoms with Crippen LogP contribution in [0.1, 0.15) is 13.8 Å². The summed E-state index contributed by atoms with van der Waals surface area (Å²) in [7, 11) is 1.46. The number of methoxy groups -OCH3 is 1. The molecule has 25 heavy (non-hydrogen) atoms. The molecule has 2 rings (SSSR count). The quantitative estimate of drug-likeness (QED) is 0.785. The van der Waals surface area contributed by atoms with Crippen LogP contribution in [0, 0.1) is 11.2 Å². The summed E-state index contributed by atoms with van der Waals surface area (Å²) in [6, 6.07) is 10.2. The maximum Gasteiger partial charge on any atom is 0.239 e. The molecule has 0 unspecified atom stereocenters. The fourth-order valence-electron chi connectivity index (χ4n) is 2.01. The summed E-state index contributed by atoms with van der Waals surface area (Å²) in [6.45, 7) is 2.93. The summed E-state index contributed by atoms with van der Waals surface area (Å²) < 4.78 is 18.4. The largest absolute Gasteiger partial charge is 0.495 e. The molecule has 0 heterocycles. The van der Waals surface area contributed by atoms with E-state index in [4.69, 9.17) is 16.3 Å². The molecule has 0 saturated carbocycles. The summed E-state index contributed by atoms with van der Waals surface area (Å²) in [5.74, 6) is -1.19. The van der Waals surface area contributed by atoms with Crippen molar-refractivity contribution in [1.82, 2.24) is 0 Å². The molecule has 0 fully saturated rings. The van der Waals surface area contributed by atoms with E-state index in [-0.39, 0.29) is 5.69 Å². The molecule has 0 atom stereocenters. The first kappa shape index (κ1) is 18.7. The number of anilines is 2. The molecular weight excluding hydrogens is 347 g/mol. The number of rotatable bonds is 5. The molecule has 0 bridgehead atoms. The van der Waals surface area contributed by atoms with E-state index in [1.165, 1.54) is 51.3 Å². The normalized spacial score (nSPS) is 10.9. The van der Waals surface area contributed by atoms with E-state index in [2.05, 4.69) is 10.6 Å². The second-order valence-corrected chi connectivity index (χ2v) is 6.32. The lowest BCUT2D eigenvalue weighted by molar-refractivity contribution is -0.135. The van der Waals surface area contributed by atoms with Gasteiger partial charge in [0.2, 0.25) is 11.8 Å². The third-order valence-corrected chi connectivity index (χ3v) is 3.86. The number of ether oxygens (including phenoxy) is 1. The maximum absolute atomic E-state index is 13.2. The van der Waals surface area contributed by atoms with E-state index in [1.54, 1.807) is 12.1 Å². The lowest BCUT2D eigenvalue weighted by atomic mass is 9.90. The molecule has 7 heteroatoms. The Bertz CT molecular complexity index is 809. The van der Waals surface area contributed by atoms with Crippen LogP contribution in [-0.4, -0.2) is 18.9 Å². The highest BCUT2D eigenvalue weighted by molar-refractivity contribution is 6.31. The van der Waals surface area contributed by atoms with Crippen molar-refractivity contribution in [2.75, 3.05) is 17.7 Å². The molecule has 2 aromatic carbocycles. The minimum Gasteiger partial charge on any atom is -0.495 e. The summed E-state index contributed by atoms with van der Waals surface area (Å²) in [6.07, 6.45) is 0. The average molecular weight is 365 g/mol. The highest BCUT2D eigenvalue weighted by atomic mass is 35.5. The van der Waals surface area contributed by atoms with Crippen LogP contribution in [0.3, 0.4) is 0 Å². The first-order valence-corrected chi connectivity index (χ1v) is 7.84. The van der Waals surface area contributed by atoms with E-state index in [0.29, 0.717) is 16.5 Å². The van der Waals surface area contributed by atoms with Gasteiger partial charge >= 0.3 is 0 Å². The Morgan fingerprint density at radius 2 is 1.76 bits per heavy atom. The topological polar surface area (TPSA) is 67.4 Å². The van der Waals surface area contributed by atoms with Crippen LogP contribution >= 0.6 is 11.6 Å². The second kappa shape index (κ2) is 7.53. The van der Waals surface area contributed by atoms with Crippen LogP contribution < -0.4 is 15.4 Å². The van der Waals surface area contributed by atoms with Gasteiger partial charge in [-0.3, -0.25) is 9.59 Å². The summed E-state index contributed by atoms with van der Waals surface area (Å²) in [5.41, 5.74) is -0.794. The van der Waals surface area contributed by atoms with Crippen molar-refractivity contribution in [3.63, 3.8) is 0 Å². The van der Waals surface area contributed by atoms with Gasteiger partial charge in [-0.2, -0.15) is 0 Å². The van der Waals surface area contributed by atoms with Crippen molar-refractivity contribution < 1.29 is 18.7 Å². The molecule has 0 saturated heterocycles. The molecule has 0 aliphatic heterocycles. The molecule has 0 aliphatic carbocycles. The Kier molecular flexibility index (Phi) is 5.64. The zero-order chi connectivity index (χ0) is 18.6. The second-order valence-electron chi connectivity index (χ2n) is 5.89. The number of benzene rings is 2. The Morgan fingerprint density at radius 1 is 1.08 bits per heavy atom. The Labute approximate surface area is 150 Å². The zero-order valence-corrected chi connectivity index (χ0v) is 14.8. The van der Waals surface area contributed by atoms with Crippen molar-refractivity contribution >= 4 is 34.8 Å². The van der Waals surface area contributed by atoms with Crippen molar-refractivity contribution in [3.8, 4) is 5.75 Å². The van der Waals surface area contributed by atoms with E-state index < -0.39 is 23.0 Å². The van der Waals surface area contributed by atoms with Crippen LogP contribution in [0.15, 0.2) is 42.5 Å². The fourth-order valence-corrected chi connectivity index (χ4v) is 2.19. The summed E-state index contributed by atoms with van der Waals surface area (Å²) in [4.78, 5) is 25.0. The number of hydrogen-bond acceptors (Lipinski definition) is 3. The smallest absolute Gasteiger partial charge is 0.239 e. The molecular formula is C18H18ClFN2O3. The van der Waals surface area contributed by atoms with Crippen LogP contribution in [0.4, 0.5) is 15.8 Å². The van der Waals surface area contributed by atoms with Gasteiger partial charge in [0.1, 0.15) is 17.0 Å². The van der Waals surface area contributed by atoms with Crippen molar-refractivity contribution in [1.29, 1.82) is 0 Å². The fraction of sp³-hybridized carbons (Fsp3) is 0.222. The molecule has 132 valence electrons. The van der Waals surface area contributed by atoms with Gasteiger partial charge in [0, 0.05) is 10.7 Å². The van der Waals surface area contributed by atoms with Gasteiger partial charge in [-0.1, -0.05) is 17.7 Å². The molecule has 2 aromatic rings. The number of nitrogens with one attached hydrogen (secondary N) is 2. The van der Waals surface area contributed by atoms with E-state index in [9.17, 15) is 14.0 Å². The van der Waals surface area contributed by atoms with Gasteiger partial charge in [0.05, 0.1) is 12.8 Å². The number of hydrogen-bond donors (Lipinski definition) is 2. The molecule has 0 aliphatic rings. The minimum atomic E-state index is -1.42. The Balaban J connectivity index is 2.16. The third-order valence-electron chi connectivity index (χ3n) is 3.63. The van der Waals surface area contributed by atoms with Crippen molar-refractivity contribution in [3.05, 3.63) is 53.3 Å². The van der Waals surface area contributed by atoms with Crippen molar-refractivity contribution in [2.45, 2.75) is 13.8 Å². The third kappa shape index (κ3) is 4.48. The predicted molar refractivity (Wildman–Crippen MR) is 95.4 cm³/mol. The first-order valence-electron chi connectivity index (χ1n) is 7.46. The summed E-state index contributed by atoms with van der Waals surface area (Å²) in [5, 5.41) is 5.58. The SMILES string of the molecule is COc1ccc(Cl)cc1NC(=O)C(C)(C)C(=O)Nc1cccc(F)c1. The molecule has 0 radical (unpaired) electrons. The Morgan fingerprint density at radius 3 is 2.40 bits per heavy atom. The Hall–Kier alpha value is -2.60. The van der Waals surface area contributed by atoms with Crippen molar-refractivity contribution in [2.24, 2.45) is 5.41 Å². The minimum absolute atomic E-state index is 0.270. The number of halogens is 2. The monoisotopic (exact) mass is 364 g/mol. The molecule has 2 N–H and O–H groups in total. The molecule has 5 nitrogen and oxygen atoms in total. The van der Waals surface area contributed by atoms with E-state index >= 15 is 0 Å². The maximum atomic E-state index is 13.2. The highest BCUT2D eigenvalue weighted by Crippen LogP contribution is 2.30. The summed E-state index contributed by atoms with van der Waals surface area (Å²) >= 11 is 5.93. The lowest BCUT2D eigenvalue weighted by Gasteiger charge is -2.23. The van der Waals surface area contributed by atoms with Crippen LogP contribution in [0.25, 0.3) is 0 Å². The van der Waals surface area contributed by atoms with Crippen LogP contribution in [0.5, 0.6) is 5.75 Å².